The molecular formula is C18H22N2O4. The molecular weight excluding hydrogens is 308 g/mol. The van der Waals surface area contributed by atoms with Crippen molar-refractivity contribution in [3.05, 3.63) is 46.8 Å². The zero-order chi connectivity index (χ0) is 16.8. The fourth-order valence-electron chi connectivity index (χ4n) is 2.86. The van der Waals surface area contributed by atoms with E-state index in [-0.39, 0.29) is 25.5 Å². The second kappa shape index (κ2) is 7.97. The highest BCUT2D eigenvalue weighted by Crippen LogP contribution is 2.25. The summed E-state index contributed by atoms with van der Waals surface area (Å²) >= 11 is 0. The Hall–Kier alpha value is -2.34. The third-order valence-electron chi connectivity index (χ3n) is 4.13. The predicted octanol–water partition coefficient (Wildman–Crippen LogP) is 1.78. The first-order valence-corrected chi connectivity index (χ1v) is 8.32. The zero-order valence-corrected chi connectivity index (χ0v) is 13.6. The van der Waals surface area contributed by atoms with Crippen LogP contribution in [0.2, 0.25) is 0 Å². The van der Waals surface area contributed by atoms with Gasteiger partial charge < -0.3 is 19.7 Å². The van der Waals surface area contributed by atoms with E-state index in [0.29, 0.717) is 6.61 Å². The minimum Gasteiger partial charge on any atom is -0.487 e. The Morgan fingerprint density at radius 2 is 2.04 bits per heavy atom. The number of aliphatic hydroxyl groups excluding tert-OH is 1. The molecule has 1 heterocycles. The molecule has 0 aliphatic heterocycles. The van der Waals surface area contributed by atoms with E-state index in [2.05, 4.69) is 10.5 Å². The molecule has 0 saturated carbocycles. The van der Waals surface area contributed by atoms with Gasteiger partial charge in [-0.25, -0.2) is 0 Å². The lowest BCUT2D eigenvalue weighted by Gasteiger charge is -2.10. The molecule has 0 spiro atoms. The van der Waals surface area contributed by atoms with Crippen molar-refractivity contribution < 1.29 is 19.2 Å². The van der Waals surface area contributed by atoms with Crippen LogP contribution in [0.1, 0.15) is 35.4 Å². The number of carbonyl (C=O) groups excluding carboxylic acids is 1. The first kappa shape index (κ1) is 16.5. The van der Waals surface area contributed by atoms with E-state index < -0.39 is 0 Å². The molecule has 6 nitrogen and oxygen atoms in total. The molecule has 0 saturated heterocycles. The summed E-state index contributed by atoms with van der Waals surface area (Å²) in [7, 11) is 0. The molecule has 1 aromatic carbocycles. The first-order chi connectivity index (χ1) is 11.8. The summed E-state index contributed by atoms with van der Waals surface area (Å²) in [5.74, 6) is 1.64. The van der Waals surface area contributed by atoms with Crippen LogP contribution in [0.25, 0.3) is 0 Å². The molecule has 1 aromatic heterocycles. The SMILES string of the molecule is O=C(Cc1ccc(OCc2noc3c2CCCC3)cc1)NCCO. The Morgan fingerprint density at radius 3 is 2.83 bits per heavy atom. The third kappa shape index (κ3) is 4.14. The Bertz CT molecular complexity index is 679. The fraction of sp³-hybridized carbons (Fsp3) is 0.444. The third-order valence-corrected chi connectivity index (χ3v) is 4.13. The summed E-state index contributed by atoms with van der Waals surface area (Å²) in [6, 6.07) is 7.43. The normalized spacial score (nSPS) is 13.4. The quantitative estimate of drug-likeness (QED) is 0.808. The Morgan fingerprint density at radius 1 is 1.25 bits per heavy atom. The summed E-state index contributed by atoms with van der Waals surface area (Å²) in [4.78, 5) is 11.6. The summed E-state index contributed by atoms with van der Waals surface area (Å²) < 4.78 is 11.2. The Labute approximate surface area is 140 Å². The van der Waals surface area contributed by atoms with E-state index in [1.807, 2.05) is 24.3 Å². The average molecular weight is 330 g/mol. The van der Waals surface area contributed by atoms with Crippen molar-refractivity contribution in [2.24, 2.45) is 0 Å². The largest absolute Gasteiger partial charge is 0.487 e. The maximum absolute atomic E-state index is 11.6. The predicted molar refractivity (Wildman–Crippen MR) is 87.7 cm³/mol. The number of benzene rings is 1. The molecule has 0 unspecified atom stereocenters. The van der Waals surface area contributed by atoms with Crippen LogP contribution < -0.4 is 10.1 Å². The summed E-state index contributed by atoms with van der Waals surface area (Å²) in [6.07, 6.45) is 4.61. The zero-order valence-electron chi connectivity index (χ0n) is 13.6. The summed E-state index contributed by atoms with van der Waals surface area (Å²) in [6.45, 7) is 0.626. The van der Waals surface area contributed by atoms with Crippen LogP contribution in [0, 0.1) is 0 Å². The molecule has 0 atom stereocenters. The Kier molecular flexibility index (Phi) is 5.48. The lowest BCUT2D eigenvalue weighted by atomic mass is 9.97. The molecule has 6 heteroatoms. The second-order valence-electron chi connectivity index (χ2n) is 5.92. The molecule has 0 radical (unpaired) electrons. The number of amides is 1. The van der Waals surface area contributed by atoms with Crippen LogP contribution in [0.5, 0.6) is 5.75 Å². The standard InChI is InChI=1S/C18H22N2O4/c21-10-9-19-18(22)11-13-5-7-14(8-6-13)23-12-16-15-3-1-2-4-17(15)24-20-16/h5-8,21H,1-4,9-12H2,(H,19,22). The lowest BCUT2D eigenvalue weighted by Crippen LogP contribution is -2.27. The number of aliphatic hydroxyl groups is 1. The van der Waals surface area contributed by atoms with Crippen LogP contribution in [0.15, 0.2) is 28.8 Å². The van der Waals surface area contributed by atoms with Gasteiger partial charge in [-0.1, -0.05) is 17.3 Å². The van der Waals surface area contributed by atoms with Gasteiger partial charge in [0, 0.05) is 18.5 Å². The van der Waals surface area contributed by atoms with Crippen molar-refractivity contribution in [1.29, 1.82) is 0 Å². The van der Waals surface area contributed by atoms with Gasteiger partial charge >= 0.3 is 0 Å². The van der Waals surface area contributed by atoms with Gasteiger partial charge in [-0.15, -0.1) is 0 Å². The van der Waals surface area contributed by atoms with Crippen molar-refractivity contribution in [2.45, 2.75) is 38.7 Å². The van der Waals surface area contributed by atoms with Gasteiger partial charge in [-0.05, 0) is 37.0 Å². The molecule has 24 heavy (non-hydrogen) atoms. The number of carbonyl (C=O) groups is 1. The van der Waals surface area contributed by atoms with Gasteiger partial charge in [0.05, 0.1) is 13.0 Å². The topological polar surface area (TPSA) is 84.6 Å². The molecule has 2 aromatic rings. The minimum atomic E-state index is -0.105. The number of hydrogen-bond acceptors (Lipinski definition) is 5. The molecule has 1 amide bonds. The van der Waals surface area contributed by atoms with Gasteiger partial charge in [0.2, 0.25) is 5.91 Å². The van der Waals surface area contributed by atoms with Crippen LogP contribution >= 0.6 is 0 Å². The van der Waals surface area contributed by atoms with E-state index in [1.54, 1.807) is 0 Å². The van der Waals surface area contributed by atoms with E-state index in [9.17, 15) is 4.79 Å². The smallest absolute Gasteiger partial charge is 0.224 e. The molecule has 2 N–H and O–H groups in total. The van der Waals surface area contributed by atoms with Crippen LogP contribution in [-0.2, 0) is 30.7 Å². The molecule has 1 aliphatic rings. The van der Waals surface area contributed by atoms with Gasteiger partial charge in [-0.2, -0.15) is 0 Å². The number of fused-ring (bicyclic) bond motifs is 1. The monoisotopic (exact) mass is 330 g/mol. The van der Waals surface area contributed by atoms with Gasteiger partial charge in [0.25, 0.3) is 0 Å². The molecule has 1 aliphatic carbocycles. The lowest BCUT2D eigenvalue weighted by molar-refractivity contribution is -0.120. The highest BCUT2D eigenvalue weighted by Gasteiger charge is 2.19. The van der Waals surface area contributed by atoms with Crippen LogP contribution in [-0.4, -0.2) is 29.3 Å². The van der Waals surface area contributed by atoms with Crippen molar-refractivity contribution in [1.82, 2.24) is 10.5 Å². The molecule has 3 rings (SSSR count). The first-order valence-electron chi connectivity index (χ1n) is 8.32. The van der Waals surface area contributed by atoms with E-state index >= 15 is 0 Å². The van der Waals surface area contributed by atoms with Gasteiger partial charge in [0.15, 0.2) is 0 Å². The minimum absolute atomic E-state index is 0.0513. The van der Waals surface area contributed by atoms with E-state index in [1.165, 1.54) is 12.0 Å². The number of hydrogen-bond donors (Lipinski definition) is 2. The number of rotatable bonds is 7. The number of ether oxygens (including phenoxy) is 1. The van der Waals surface area contributed by atoms with Gasteiger partial charge in [0.1, 0.15) is 23.8 Å². The van der Waals surface area contributed by atoms with E-state index in [0.717, 1.165) is 42.0 Å². The average Bonchev–Trinajstić information content (AvgIpc) is 3.03. The van der Waals surface area contributed by atoms with Crippen molar-refractivity contribution in [3.63, 3.8) is 0 Å². The van der Waals surface area contributed by atoms with Crippen LogP contribution in [0.4, 0.5) is 0 Å². The number of nitrogens with zero attached hydrogens (tertiary/aromatic N) is 1. The maximum Gasteiger partial charge on any atom is 0.224 e. The van der Waals surface area contributed by atoms with Crippen molar-refractivity contribution >= 4 is 5.91 Å². The molecule has 128 valence electrons. The van der Waals surface area contributed by atoms with Crippen molar-refractivity contribution in [3.8, 4) is 5.75 Å². The maximum atomic E-state index is 11.6. The van der Waals surface area contributed by atoms with Crippen LogP contribution in [0.3, 0.4) is 0 Å². The number of nitrogens with one attached hydrogen (secondary N) is 1. The molecule has 0 fully saturated rings. The highest BCUT2D eigenvalue weighted by molar-refractivity contribution is 5.78. The van der Waals surface area contributed by atoms with Gasteiger partial charge in [-0.3, -0.25) is 4.79 Å². The fourth-order valence-corrected chi connectivity index (χ4v) is 2.86. The van der Waals surface area contributed by atoms with Crippen molar-refractivity contribution in [2.75, 3.05) is 13.2 Å². The highest BCUT2D eigenvalue weighted by atomic mass is 16.5. The summed E-state index contributed by atoms with van der Waals surface area (Å²) in [5.41, 5.74) is 2.99. The summed E-state index contributed by atoms with van der Waals surface area (Å²) in [5, 5.41) is 15.4. The molecule has 0 bridgehead atoms. The number of aromatic nitrogens is 1. The number of aryl methyl sites for hydroxylation is 1. The Balaban J connectivity index is 1.53. The second-order valence-corrected chi connectivity index (χ2v) is 5.92. The van der Waals surface area contributed by atoms with E-state index in [4.69, 9.17) is 14.4 Å².